The Balaban J connectivity index is 1.94. The summed E-state index contributed by atoms with van der Waals surface area (Å²) in [6, 6.07) is 0. The van der Waals surface area contributed by atoms with E-state index in [2.05, 4.69) is 25.7 Å². The highest BCUT2D eigenvalue weighted by Crippen LogP contribution is 2.60. The molecule has 0 atom stereocenters. The quantitative estimate of drug-likeness (QED) is 0.763. The highest BCUT2D eigenvalue weighted by atomic mass is 16.1. The Kier molecular flexibility index (Phi) is 2.80. The Hall–Kier alpha value is -0.790. The van der Waals surface area contributed by atoms with E-state index >= 15 is 0 Å². The summed E-state index contributed by atoms with van der Waals surface area (Å²) in [5.41, 5.74) is 0.0543. The summed E-state index contributed by atoms with van der Waals surface area (Å²) in [7, 11) is 0. The molecular formula is C16H25NO. The molecule has 2 heteroatoms. The topological polar surface area (TPSA) is 29.1 Å². The molecule has 2 nitrogen and oxygen atoms in total. The minimum atomic E-state index is 0.0242. The van der Waals surface area contributed by atoms with Gasteiger partial charge in [0, 0.05) is 5.54 Å². The lowest BCUT2D eigenvalue weighted by Gasteiger charge is -2.63. The normalized spacial score (nSPS) is 45.3. The fourth-order valence-electron chi connectivity index (χ4n) is 5.52. The molecule has 1 amide bonds. The van der Waals surface area contributed by atoms with E-state index in [-0.39, 0.29) is 11.4 Å². The van der Waals surface area contributed by atoms with E-state index < -0.39 is 0 Å². The van der Waals surface area contributed by atoms with Crippen LogP contribution in [0.2, 0.25) is 0 Å². The number of hydrogen-bond donors (Lipinski definition) is 1. The Labute approximate surface area is 110 Å². The average molecular weight is 247 g/mol. The summed E-state index contributed by atoms with van der Waals surface area (Å²) in [6.07, 6.45) is 8.24. The van der Waals surface area contributed by atoms with Gasteiger partial charge in [-0.1, -0.05) is 20.4 Å². The molecule has 4 aliphatic carbocycles. The molecular weight excluding hydrogens is 222 g/mol. The SMILES string of the molecule is C=CC(=O)NC1(C(C)C)C2CC3CC(C2)CC1C3. The van der Waals surface area contributed by atoms with Crippen LogP contribution in [0.3, 0.4) is 0 Å². The van der Waals surface area contributed by atoms with Crippen LogP contribution in [0.25, 0.3) is 0 Å². The molecule has 0 aliphatic heterocycles. The lowest BCUT2D eigenvalue weighted by Crippen LogP contribution is -2.68. The van der Waals surface area contributed by atoms with Crippen molar-refractivity contribution in [1.29, 1.82) is 0 Å². The van der Waals surface area contributed by atoms with Gasteiger partial charge < -0.3 is 5.32 Å². The van der Waals surface area contributed by atoms with Crippen LogP contribution in [0.15, 0.2) is 12.7 Å². The summed E-state index contributed by atoms with van der Waals surface area (Å²) >= 11 is 0. The highest BCUT2D eigenvalue weighted by molar-refractivity contribution is 5.87. The molecule has 100 valence electrons. The second-order valence-corrected chi connectivity index (χ2v) is 7.09. The lowest BCUT2D eigenvalue weighted by atomic mass is 9.46. The fraction of sp³-hybridized carbons (Fsp3) is 0.812. The number of rotatable bonds is 3. The van der Waals surface area contributed by atoms with Crippen LogP contribution in [0.4, 0.5) is 0 Å². The van der Waals surface area contributed by atoms with Crippen molar-refractivity contribution in [2.75, 3.05) is 0 Å². The third-order valence-corrected chi connectivity index (χ3v) is 5.97. The van der Waals surface area contributed by atoms with Gasteiger partial charge in [-0.3, -0.25) is 4.79 Å². The standard InChI is InChI=1S/C16H25NO/c1-4-15(18)17-16(10(2)3)13-6-11-5-12(8-13)9-14(16)7-11/h4,10-14H,1,5-9H2,2-3H3,(H,17,18). The third kappa shape index (κ3) is 1.57. The lowest BCUT2D eigenvalue weighted by molar-refractivity contribution is -0.132. The summed E-state index contributed by atoms with van der Waals surface area (Å²) in [4.78, 5) is 11.9. The monoisotopic (exact) mass is 247 g/mol. The van der Waals surface area contributed by atoms with Crippen molar-refractivity contribution in [3.05, 3.63) is 12.7 Å². The van der Waals surface area contributed by atoms with Crippen LogP contribution in [0, 0.1) is 29.6 Å². The van der Waals surface area contributed by atoms with Gasteiger partial charge in [-0.25, -0.2) is 0 Å². The molecule has 0 aromatic carbocycles. The van der Waals surface area contributed by atoms with Gasteiger partial charge in [0.1, 0.15) is 0 Å². The number of hydrogen-bond acceptors (Lipinski definition) is 1. The summed E-state index contributed by atoms with van der Waals surface area (Å²) in [5, 5.41) is 3.37. The molecule has 0 unspecified atom stereocenters. The van der Waals surface area contributed by atoms with Crippen molar-refractivity contribution < 1.29 is 4.79 Å². The molecule has 0 radical (unpaired) electrons. The number of amides is 1. The maximum Gasteiger partial charge on any atom is 0.243 e. The van der Waals surface area contributed by atoms with Crippen LogP contribution in [-0.2, 0) is 4.79 Å². The molecule has 0 heterocycles. The van der Waals surface area contributed by atoms with E-state index in [0.717, 1.165) is 11.8 Å². The number of carbonyl (C=O) groups is 1. The van der Waals surface area contributed by atoms with Gasteiger partial charge in [0.2, 0.25) is 5.91 Å². The van der Waals surface area contributed by atoms with Gasteiger partial charge in [-0.15, -0.1) is 0 Å². The Morgan fingerprint density at radius 2 is 1.67 bits per heavy atom. The van der Waals surface area contributed by atoms with Crippen molar-refractivity contribution in [2.24, 2.45) is 29.6 Å². The van der Waals surface area contributed by atoms with E-state index in [4.69, 9.17) is 0 Å². The van der Waals surface area contributed by atoms with E-state index in [1.807, 2.05) is 0 Å². The summed E-state index contributed by atoms with van der Waals surface area (Å²) < 4.78 is 0. The number of nitrogens with one attached hydrogen (secondary N) is 1. The van der Waals surface area contributed by atoms with Gasteiger partial charge in [-0.2, -0.15) is 0 Å². The maximum absolute atomic E-state index is 11.9. The van der Waals surface area contributed by atoms with E-state index in [1.54, 1.807) is 0 Å². The highest BCUT2D eigenvalue weighted by Gasteiger charge is 2.58. The molecule has 1 N–H and O–H groups in total. The van der Waals surface area contributed by atoms with Crippen molar-refractivity contribution in [3.8, 4) is 0 Å². The largest absolute Gasteiger partial charge is 0.346 e. The van der Waals surface area contributed by atoms with Gasteiger partial charge in [-0.05, 0) is 67.8 Å². The van der Waals surface area contributed by atoms with Crippen LogP contribution < -0.4 is 5.32 Å². The number of carbonyl (C=O) groups excluding carboxylic acids is 1. The zero-order valence-corrected chi connectivity index (χ0v) is 11.6. The van der Waals surface area contributed by atoms with Crippen LogP contribution in [0.1, 0.15) is 46.0 Å². The van der Waals surface area contributed by atoms with Crippen molar-refractivity contribution in [2.45, 2.75) is 51.5 Å². The Morgan fingerprint density at radius 3 is 2.06 bits per heavy atom. The molecule has 0 aromatic heterocycles. The van der Waals surface area contributed by atoms with E-state index in [9.17, 15) is 4.79 Å². The first-order chi connectivity index (χ1) is 8.56. The Bertz CT molecular complexity index is 343. The molecule has 18 heavy (non-hydrogen) atoms. The van der Waals surface area contributed by atoms with Crippen LogP contribution in [0.5, 0.6) is 0 Å². The van der Waals surface area contributed by atoms with Crippen molar-refractivity contribution in [1.82, 2.24) is 5.32 Å². The third-order valence-electron chi connectivity index (χ3n) is 5.97. The first-order valence-corrected chi connectivity index (χ1v) is 7.50. The predicted octanol–water partition coefficient (Wildman–Crippen LogP) is 3.14. The van der Waals surface area contributed by atoms with Crippen molar-refractivity contribution >= 4 is 5.91 Å². The molecule has 4 rings (SSSR count). The summed E-state index contributed by atoms with van der Waals surface area (Å²) in [6.45, 7) is 8.19. The molecule has 0 saturated heterocycles. The first-order valence-electron chi connectivity index (χ1n) is 7.50. The van der Waals surface area contributed by atoms with Gasteiger partial charge >= 0.3 is 0 Å². The maximum atomic E-state index is 11.9. The molecule has 0 aromatic rings. The van der Waals surface area contributed by atoms with Gasteiger partial charge in [0.25, 0.3) is 0 Å². The zero-order valence-electron chi connectivity index (χ0n) is 11.6. The van der Waals surface area contributed by atoms with Crippen molar-refractivity contribution in [3.63, 3.8) is 0 Å². The summed E-state index contributed by atoms with van der Waals surface area (Å²) in [5.74, 6) is 3.85. The van der Waals surface area contributed by atoms with Gasteiger partial charge in [0.15, 0.2) is 0 Å². The second-order valence-electron chi connectivity index (χ2n) is 7.09. The van der Waals surface area contributed by atoms with E-state index in [0.29, 0.717) is 17.8 Å². The molecule has 4 aliphatic rings. The zero-order chi connectivity index (χ0) is 12.9. The molecule has 4 fully saturated rings. The second kappa shape index (κ2) is 4.11. The van der Waals surface area contributed by atoms with E-state index in [1.165, 1.54) is 38.2 Å². The van der Waals surface area contributed by atoms with Crippen LogP contribution >= 0.6 is 0 Å². The van der Waals surface area contributed by atoms with Gasteiger partial charge in [0.05, 0.1) is 0 Å². The minimum absolute atomic E-state index is 0.0242. The molecule has 0 spiro atoms. The smallest absolute Gasteiger partial charge is 0.243 e. The average Bonchev–Trinajstić information content (AvgIpc) is 2.32. The molecule has 4 saturated carbocycles. The van der Waals surface area contributed by atoms with Crippen LogP contribution in [-0.4, -0.2) is 11.4 Å². The molecule has 4 bridgehead atoms. The predicted molar refractivity (Wildman–Crippen MR) is 73.0 cm³/mol. The minimum Gasteiger partial charge on any atom is -0.346 e. The fourth-order valence-corrected chi connectivity index (χ4v) is 5.52. The first kappa shape index (κ1) is 12.3. The Morgan fingerprint density at radius 1 is 1.17 bits per heavy atom.